The Balaban J connectivity index is 2.36. The van der Waals surface area contributed by atoms with Crippen LogP contribution in [0.2, 0.25) is 0 Å². The van der Waals surface area contributed by atoms with Gasteiger partial charge in [-0.1, -0.05) is 6.07 Å². The van der Waals surface area contributed by atoms with Crippen molar-refractivity contribution in [3.63, 3.8) is 0 Å². The second-order valence-corrected chi connectivity index (χ2v) is 3.58. The van der Waals surface area contributed by atoms with Gasteiger partial charge in [0.05, 0.1) is 12.2 Å². The van der Waals surface area contributed by atoms with Crippen molar-refractivity contribution in [2.24, 2.45) is 0 Å². The van der Waals surface area contributed by atoms with Gasteiger partial charge in [0.1, 0.15) is 29.0 Å². The van der Waals surface area contributed by atoms with Crippen molar-refractivity contribution in [3.8, 4) is 11.5 Å². The fourth-order valence-corrected chi connectivity index (χ4v) is 1.50. The molecule has 18 heavy (non-hydrogen) atoms. The molecule has 0 amide bonds. The second-order valence-electron chi connectivity index (χ2n) is 3.58. The maximum atomic E-state index is 13.3. The summed E-state index contributed by atoms with van der Waals surface area (Å²) in [7, 11) is 0. The van der Waals surface area contributed by atoms with Crippen LogP contribution in [0.1, 0.15) is 5.56 Å². The molecule has 0 atom stereocenters. The lowest BCUT2D eigenvalue weighted by Crippen LogP contribution is -1.96. The van der Waals surface area contributed by atoms with Crippen LogP contribution in [0.4, 0.5) is 13.2 Å². The molecule has 0 spiro atoms. The third-order valence-electron chi connectivity index (χ3n) is 2.30. The van der Waals surface area contributed by atoms with Crippen molar-refractivity contribution in [3.05, 3.63) is 59.4 Å². The van der Waals surface area contributed by atoms with Crippen molar-refractivity contribution in [1.82, 2.24) is 0 Å². The average molecular weight is 254 g/mol. The van der Waals surface area contributed by atoms with Gasteiger partial charge >= 0.3 is 0 Å². The number of aliphatic hydroxyl groups excluding tert-OH is 1. The topological polar surface area (TPSA) is 29.5 Å². The number of halogens is 3. The summed E-state index contributed by atoms with van der Waals surface area (Å²) in [5, 5.41) is 9.02. The highest BCUT2D eigenvalue weighted by Crippen LogP contribution is 2.28. The summed E-state index contributed by atoms with van der Waals surface area (Å²) in [5.41, 5.74) is -0.0674. The Hall–Kier alpha value is -2.01. The Bertz CT molecular complexity index is 550. The fraction of sp³-hybridized carbons (Fsp3) is 0.0769. The number of hydrogen-bond acceptors (Lipinski definition) is 2. The van der Waals surface area contributed by atoms with Gasteiger partial charge in [-0.2, -0.15) is 0 Å². The van der Waals surface area contributed by atoms with Crippen LogP contribution in [-0.4, -0.2) is 5.11 Å². The SMILES string of the molecule is OCc1c(F)cccc1Oc1cc(F)cc(F)c1. The standard InChI is InChI=1S/C13H9F3O2/c14-8-4-9(15)6-10(5-8)18-13-3-1-2-12(16)11(13)7-17/h1-6,17H,7H2. The second kappa shape index (κ2) is 5.10. The van der Waals surface area contributed by atoms with Gasteiger partial charge in [0.2, 0.25) is 0 Å². The lowest BCUT2D eigenvalue weighted by Gasteiger charge is -2.10. The van der Waals surface area contributed by atoms with Crippen LogP contribution < -0.4 is 4.74 Å². The fourth-order valence-electron chi connectivity index (χ4n) is 1.50. The zero-order valence-electron chi connectivity index (χ0n) is 9.16. The van der Waals surface area contributed by atoms with Crippen molar-refractivity contribution in [2.45, 2.75) is 6.61 Å². The molecule has 0 heterocycles. The van der Waals surface area contributed by atoms with Crippen LogP contribution in [-0.2, 0) is 6.61 Å². The number of aliphatic hydroxyl groups is 1. The van der Waals surface area contributed by atoms with Crippen LogP contribution in [0.25, 0.3) is 0 Å². The zero-order valence-corrected chi connectivity index (χ0v) is 9.16. The Labute approximate surface area is 101 Å². The summed E-state index contributed by atoms with van der Waals surface area (Å²) < 4.78 is 44.4. The van der Waals surface area contributed by atoms with E-state index < -0.39 is 24.1 Å². The molecule has 5 heteroatoms. The van der Waals surface area contributed by atoms with E-state index in [0.29, 0.717) is 6.07 Å². The number of hydrogen-bond donors (Lipinski definition) is 1. The first-order chi connectivity index (χ1) is 8.60. The molecule has 1 N–H and O–H groups in total. The molecule has 2 rings (SSSR count). The van der Waals surface area contributed by atoms with E-state index in [1.165, 1.54) is 12.1 Å². The minimum atomic E-state index is -0.799. The lowest BCUT2D eigenvalue weighted by molar-refractivity contribution is 0.270. The summed E-state index contributed by atoms with van der Waals surface area (Å²) in [6.45, 7) is -0.570. The number of rotatable bonds is 3. The zero-order chi connectivity index (χ0) is 13.1. The van der Waals surface area contributed by atoms with Gasteiger partial charge in [-0.3, -0.25) is 0 Å². The molecule has 0 bridgehead atoms. The van der Waals surface area contributed by atoms with Crippen molar-refractivity contribution in [1.29, 1.82) is 0 Å². The van der Waals surface area contributed by atoms with E-state index in [4.69, 9.17) is 9.84 Å². The number of benzene rings is 2. The quantitative estimate of drug-likeness (QED) is 0.909. The Kier molecular flexibility index (Phi) is 3.53. The summed E-state index contributed by atoms with van der Waals surface area (Å²) in [5.74, 6) is -2.33. The van der Waals surface area contributed by atoms with E-state index in [0.717, 1.165) is 18.2 Å². The van der Waals surface area contributed by atoms with E-state index in [2.05, 4.69) is 0 Å². The highest BCUT2D eigenvalue weighted by Gasteiger charge is 2.10. The molecule has 0 aromatic heterocycles. The van der Waals surface area contributed by atoms with E-state index in [1.54, 1.807) is 0 Å². The van der Waals surface area contributed by atoms with Gasteiger partial charge < -0.3 is 9.84 Å². The minimum Gasteiger partial charge on any atom is -0.457 e. The highest BCUT2D eigenvalue weighted by atomic mass is 19.1. The molecule has 0 fully saturated rings. The normalized spacial score (nSPS) is 10.4. The van der Waals surface area contributed by atoms with Crippen LogP contribution in [0, 0.1) is 17.5 Å². The summed E-state index contributed by atoms with van der Waals surface area (Å²) >= 11 is 0. The maximum absolute atomic E-state index is 13.3. The Morgan fingerprint density at radius 3 is 2.28 bits per heavy atom. The molecule has 0 aliphatic carbocycles. The third kappa shape index (κ3) is 2.62. The summed E-state index contributed by atoms with van der Waals surface area (Å²) in [6, 6.07) is 6.57. The molecule has 0 saturated heterocycles. The van der Waals surface area contributed by atoms with Crippen molar-refractivity contribution >= 4 is 0 Å². The molecule has 0 unspecified atom stereocenters. The average Bonchev–Trinajstić information content (AvgIpc) is 2.27. The van der Waals surface area contributed by atoms with Crippen molar-refractivity contribution in [2.75, 3.05) is 0 Å². The van der Waals surface area contributed by atoms with E-state index in [9.17, 15) is 13.2 Å². The molecule has 94 valence electrons. The Morgan fingerprint density at radius 1 is 1.00 bits per heavy atom. The monoisotopic (exact) mass is 254 g/mol. The van der Waals surface area contributed by atoms with Crippen LogP contribution in [0.3, 0.4) is 0 Å². The summed E-state index contributed by atoms with van der Waals surface area (Å²) in [4.78, 5) is 0. The summed E-state index contributed by atoms with van der Waals surface area (Å²) in [6.07, 6.45) is 0. The lowest BCUT2D eigenvalue weighted by atomic mass is 10.2. The first kappa shape index (κ1) is 12.4. The molecule has 0 aliphatic heterocycles. The third-order valence-corrected chi connectivity index (χ3v) is 2.30. The van der Waals surface area contributed by atoms with Gasteiger partial charge in [0.15, 0.2) is 0 Å². The van der Waals surface area contributed by atoms with E-state index >= 15 is 0 Å². The van der Waals surface area contributed by atoms with Gasteiger partial charge in [-0.25, -0.2) is 13.2 Å². The van der Waals surface area contributed by atoms with Gasteiger partial charge in [-0.15, -0.1) is 0 Å². The molecule has 2 aromatic carbocycles. The van der Waals surface area contributed by atoms with E-state index in [-0.39, 0.29) is 17.1 Å². The minimum absolute atomic E-state index is 0.0162. The van der Waals surface area contributed by atoms with Crippen molar-refractivity contribution < 1.29 is 23.0 Å². The van der Waals surface area contributed by atoms with Crippen LogP contribution in [0.5, 0.6) is 11.5 Å². The molecular weight excluding hydrogens is 245 g/mol. The first-order valence-corrected chi connectivity index (χ1v) is 5.12. The van der Waals surface area contributed by atoms with Crippen LogP contribution in [0.15, 0.2) is 36.4 Å². The predicted octanol–water partition coefficient (Wildman–Crippen LogP) is 3.39. The number of ether oxygens (including phenoxy) is 1. The molecule has 0 aliphatic rings. The van der Waals surface area contributed by atoms with Gasteiger partial charge in [0.25, 0.3) is 0 Å². The van der Waals surface area contributed by atoms with Gasteiger partial charge in [-0.05, 0) is 12.1 Å². The highest BCUT2D eigenvalue weighted by molar-refractivity contribution is 5.38. The maximum Gasteiger partial charge on any atom is 0.135 e. The molecule has 2 aromatic rings. The smallest absolute Gasteiger partial charge is 0.135 e. The molecule has 2 nitrogen and oxygen atoms in total. The predicted molar refractivity (Wildman–Crippen MR) is 58.8 cm³/mol. The Morgan fingerprint density at radius 2 is 1.67 bits per heavy atom. The molecule has 0 saturated carbocycles. The molecule has 0 radical (unpaired) electrons. The molecular formula is C13H9F3O2. The van der Waals surface area contributed by atoms with E-state index in [1.807, 2.05) is 0 Å². The van der Waals surface area contributed by atoms with Gasteiger partial charge in [0, 0.05) is 18.2 Å². The largest absolute Gasteiger partial charge is 0.457 e. The van der Waals surface area contributed by atoms with Crippen LogP contribution >= 0.6 is 0 Å². The first-order valence-electron chi connectivity index (χ1n) is 5.12.